The lowest BCUT2D eigenvalue weighted by Crippen LogP contribution is -2.46. The van der Waals surface area contributed by atoms with Crippen LogP contribution in [-0.4, -0.2) is 60.1 Å². The van der Waals surface area contributed by atoms with Gasteiger partial charge in [0.2, 0.25) is 5.91 Å². The summed E-state index contributed by atoms with van der Waals surface area (Å²) in [5, 5.41) is 0. The Bertz CT molecular complexity index is 440. The van der Waals surface area contributed by atoms with E-state index in [2.05, 4.69) is 9.88 Å². The third-order valence-corrected chi connectivity index (χ3v) is 4.06. The quantitative estimate of drug-likeness (QED) is 0.828. The maximum Gasteiger partial charge on any atom is 0.244 e. The van der Waals surface area contributed by atoms with Crippen LogP contribution in [0.3, 0.4) is 0 Å². The summed E-state index contributed by atoms with van der Waals surface area (Å²) in [7, 11) is 0. The van der Waals surface area contributed by atoms with Crippen LogP contribution < -0.4 is 0 Å². The number of amides is 1. The van der Waals surface area contributed by atoms with Gasteiger partial charge in [-0.05, 0) is 24.5 Å². The minimum absolute atomic E-state index is 0.203. The number of nitrogens with zero attached hydrogens (tertiary/aromatic N) is 3. The van der Waals surface area contributed by atoms with Gasteiger partial charge in [0.25, 0.3) is 0 Å². The summed E-state index contributed by atoms with van der Waals surface area (Å²) in [6.45, 7) is 4.78. The van der Waals surface area contributed by atoms with Crippen molar-refractivity contribution in [1.82, 2.24) is 14.8 Å². The van der Waals surface area contributed by atoms with Crippen LogP contribution in [0.2, 0.25) is 0 Å². The largest absolute Gasteiger partial charge is 0.379 e. The predicted octanol–water partition coefficient (Wildman–Crippen LogP) is 1.08. The maximum absolute atomic E-state index is 12.9. The van der Waals surface area contributed by atoms with E-state index in [0.29, 0.717) is 13.2 Å². The molecule has 0 aliphatic carbocycles. The SMILES string of the molecule is O=C(C(c1cccnc1)N1CCOCC1)N1CCCC1. The number of likely N-dealkylation sites (tertiary alicyclic amines) is 1. The summed E-state index contributed by atoms with van der Waals surface area (Å²) in [5.41, 5.74) is 0.992. The van der Waals surface area contributed by atoms with Gasteiger partial charge in [0, 0.05) is 38.6 Å². The van der Waals surface area contributed by atoms with Crippen molar-refractivity contribution in [3.8, 4) is 0 Å². The van der Waals surface area contributed by atoms with Crippen molar-refractivity contribution in [2.45, 2.75) is 18.9 Å². The first kappa shape index (κ1) is 13.5. The molecule has 0 saturated carbocycles. The second-order valence-corrected chi connectivity index (χ2v) is 5.37. The molecule has 2 aliphatic rings. The summed E-state index contributed by atoms with van der Waals surface area (Å²) in [6.07, 6.45) is 5.80. The predicted molar refractivity (Wildman–Crippen MR) is 75.2 cm³/mol. The Morgan fingerprint density at radius 1 is 1.20 bits per heavy atom. The number of carbonyl (C=O) groups is 1. The van der Waals surface area contributed by atoms with Crippen LogP contribution in [0, 0.1) is 0 Å². The van der Waals surface area contributed by atoms with E-state index in [4.69, 9.17) is 4.74 Å². The first-order chi connectivity index (χ1) is 9.86. The molecule has 3 heterocycles. The molecule has 0 N–H and O–H groups in total. The second-order valence-electron chi connectivity index (χ2n) is 5.37. The van der Waals surface area contributed by atoms with Gasteiger partial charge in [-0.25, -0.2) is 0 Å². The molecular formula is C15H21N3O2. The van der Waals surface area contributed by atoms with Crippen LogP contribution in [0.25, 0.3) is 0 Å². The van der Waals surface area contributed by atoms with Crippen molar-refractivity contribution in [3.05, 3.63) is 30.1 Å². The molecule has 5 nitrogen and oxygen atoms in total. The first-order valence-electron chi connectivity index (χ1n) is 7.37. The molecule has 1 amide bonds. The van der Waals surface area contributed by atoms with Crippen molar-refractivity contribution in [3.63, 3.8) is 0 Å². The molecule has 20 heavy (non-hydrogen) atoms. The topological polar surface area (TPSA) is 45.7 Å². The molecule has 1 unspecified atom stereocenters. The summed E-state index contributed by atoms with van der Waals surface area (Å²) in [6, 6.07) is 3.70. The molecule has 2 saturated heterocycles. The number of morpholine rings is 1. The molecular weight excluding hydrogens is 254 g/mol. The number of pyridine rings is 1. The normalized spacial score (nSPS) is 21.9. The molecule has 3 rings (SSSR count). The Balaban J connectivity index is 1.84. The number of aromatic nitrogens is 1. The van der Waals surface area contributed by atoms with Gasteiger partial charge in [-0.15, -0.1) is 0 Å². The van der Waals surface area contributed by atoms with Crippen molar-refractivity contribution in [2.24, 2.45) is 0 Å². The van der Waals surface area contributed by atoms with E-state index < -0.39 is 0 Å². The highest BCUT2D eigenvalue weighted by atomic mass is 16.5. The van der Waals surface area contributed by atoms with Crippen molar-refractivity contribution < 1.29 is 9.53 Å². The zero-order chi connectivity index (χ0) is 13.8. The Morgan fingerprint density at radius 3 is 2.60 bits per heavy atom. The monoisotopic (exact) mass is 275 g/mol. The van der Waals surface area contributed by atoms with E-state index in [9.17, 15) is 4.79 Å². The zero-order valence-corrected chi connectivity index (χ0v) is 11.7. The minimum Gasteiger partial charge on any atom is -0.379 e. The molecule has 2 fully saturated rings. The molecule has 108 valence electrons. The summed E-state index contributed by atoms with van der Waals surface area (Å²) >= 11 is 0. The van der Waals surface area contributed by atoms with Gasteiger partial charge in [-0.2, -0.15) is 0 Å². The Kier molecular flexibility index (Phi) is 4.28. The van der Waals surface area contributed by atoms with Crippen molar-refractivity contribution in [2.75, 3.05) is 39.4 Å². The Morgan fingerprint density at radius 2 is 1.95 bits per heavy atom. The van der Waals surface area contributed by atoms with Gasteiger partial charge in [-0.1, -0.05) is 6.07 Å². The minimum atomic E-state index is -0.203. The van der Waals surface area contributed by atoms with Crippen LogP contribution in [-0.2, 0) is 9.53 Å². The standard InChI is InChI=1S/C15H21N3O2/c19-15(18-6-1-2-7-18)14(13-4-3-5-16-12-13)17-8-10-20-11-9-17/h3-5,12,14H,1-2,6-11H2. The molecule has 1 aromatic rings. The van der Waals surface area contributed by atoms with Crippen LogP contribution in [0.15, 0.2) is 24.5 Å². The first-order valence-corrected chi connectivity index (χ1v) is 7.37. The van der Waals surface area contributed by atoms with Gasteiger partial charge in [0.05, 0.1) is 13.2 Å². The number of carbonyl (C=O) groups excluding carboxylic acids is 1. The van der Waals surface area contributed by atoms with Gasteiger partial charge in [0.15, 0.2) is 0 Å². The third kappa shape index (κ3) is 2.83. The van der Waals surface area contributed by atoms with Crippen LogP contribution >= 0.6 is 0 Å². The van der Waals surface area contributed by atoms with E-state index in [1.54, 1.807) is 6.20 Å². The average Bonchev–Trinajstić information content (AvgIpc) is 3.04. The Hall–Kier alpha value is -1.46. The van der Waals surface area contributed by atoms with E-state index >= 15 is 0 Å². The lowest BCUT2D eigenvalue weighted by atomic mass is 10.1. The lowest BCUT2D eigenvalue weighted by Gasteiger charge is -2.35. The fourth-order valence-electron chi connectivity index (χ4n) is 2.99. The highest BCUT2D eigenvalue weighted by molar-refractivity contribution is 5.83. The molecule has 1 aromatic heterocycles. The van der Waals surface area contributed by atoms with Gasteiger partial charge in [0.1, 0.15) is 6.04 Å². The van der Waals surface area contributed by atoms with Gasteiger partial charge < -0.3 is 9.64 Å². The number of hydrogen-bond acceptors (Lipinski definition) is 4. The van der Waals surface area contributed by atoms with Gasteiger partial charge >= 0.3 is 0 Å². The van der Waals surface area contributed by atoms with Crippen LogP contribution in [0.1, 0.15) is 24.4 Å². The Labute approximate surface area is 119 Å². The molecule has 5 heteroatoms. The molecule has 0 spiro atoms. The number of ether oxygens (including phenoxy) is 1. The van der Waals surface area contributed by atoms with Crippen molar-refractivity contribution >= 4 is 5.91 Å². The second kappa shape index (κ2) is 6.33. The fourth-order valence-corrected chi connectivity index (χ4v) is 2.99. The lowest BCUT2D eigenvalue weighted by molar-refractivity contribution is -0.138. The summed E-state index contributed by atoms with van der Waals surface area (Å²) < 4.78 is 5.41. The molecule has 1 atom stereocenters. The smallest absolute Gasteiger partial charge is 0.244 e. The summed E-state index contributed by atoms with van der Waals surface area (Å²) in [4.78, 5) is 21.3. The molecule has 2 aliphatic heterocycles. The van der Waals surface area contributed by atoms with E-state index in [0.717, 1.165) is 44.6 Å². The van der Waals surface area contributed by atoms with E-state index in [1.807, 2.05) is 23.2 Å². The van der Waals surface area contributed by atoms with Crippen LogP contribution in [0.4, 0.5) is 0 Å². The fraction of sp³-hybridized carbons (Fsp3) is 0.600. The van der Waals surface area contributed by atoms with E-state index in [1.165, 1.54) is 0 Å². The highest BCUT2D eigenvalue weighted by Gasteiger charge is 2.33. The highest BCUT2D eigenvalue weighted by Crippen LogP contribution is 2.25. The summed E-state index contributed by atoms with van der Waals surface area (Å²) in [5.74, 6) is 0.220. The zero-order valence-electron chi connectivity index (χ0n) is 11.7. The molecule has 0 bridgehead atoms. The van der Waals surface area contributed by atoms with Gasteiger partial charge in [-0.3, -0.25) is 14.7 Å². The molecule has 0 aromatic carbocycles. The van der Waals surface area contributed by atoms with E-state index in [-0.39, 0.29) is 11.9 Å². The number of rotatable bonds is 3. The third-order valence-electron chi connectivity index (χ3n) is 4.06. The van der Waals surface area contributed by atoms with Crippen molar-refractivity contribution in [1.29, 1.82) is 0 Å². The average molecular weight is 275 g/mol. The maximum atomic E-state index is 12.9. The molecule has 0 radical (unpaired) electrons. The van der Waals surface area contributed by atoms with Crippen LogP contribution in [0.5, 0.6) is 0 Å². The number of hydrogen-bond donors (Lipinski definition) is 0.